The first-order chi connectivity index (χ1) is 9.13. The molecule has 3 heteroatoms. The van der Waals surface area contributed by atoms with E-state index < -0.39 is 11.9 Å². The second kappa shape index (κ2) is 10.7. The van der Waals surface area contributed by atoms with Crippen molar-refractivity contribution in [2.45, 2.75) is 12.8 Å². The van der Waals surface area contributed by atoms with Crippen molar-refractivity contribution >= 4 is 18.0 Å². The zero-order chi connectivity index (χ0) is 14.5. The molecule has 0 bridgehead atoms. The minimum Gasteiger partial charge on any atom is -0.393 e. The first-order valence-corrected chi connectivity index (χ1v) is 5.78. The summed E-state index contributed by atoms with van der Waals surface area (Å²) in [5, 5.41) is 0. The molecule has 0 spiro atoms. The molecule has 1 aromatic rings. The normalized spacial score (nSPS) is 12.0. The third-order valence-corrected chi connectivity index (χ3v) is 1.96. The molecule has 0 atom stereocenters. The molecule has 19 heavy (non-hydrogen) atoms. The fraction of sp³-hybridized carbons (Fsp3) is 0.125. The summed E-state index contributed by atoms with van der Waals surface area (Å²) in [5.41, 5.74) is 1.17. The van der Waals surface area contributed by atoms with Crippen LogP contribution in [0.2, 0.25) is 0 Å². The summed E-state index contributed by atoms with van der Waals surface area (Å²) in [5.74, 6) is -0.796. The summed E-state index contributed by atoms with van der Waals surface area (Å²) >= 11 is 0. The van der Waals surface area contributed by atoms with E-state index in [1.165, 1.54) is 5.56 Å². The van der Waals surface area contributed by atoms with Gasteiger partial charge in [-0.05, 0) is 5.56 Å². The number of allylic oxidation sites excluding steroid dienone is 2. The molecular weight excluding hydrogens is 240 g/mol. The van der Waals surface area contributed by atoms with Crippen molar-refractivity contribution in [1.82, 2.24) is 0 Å². The molecule has 100 valence electrons. The number of hydrogen-bond donors (Lipinski definition) is 0. The quantitative estimate of drug-likeness (QED) is 0.463. The van der Waals surface area contributed by atoms with Gasteiger partial charge in [0.2, 0.25) is 0 Å². The molecule has 0 aromatic heterocycles. The monoisotopic (exact) mass is 258 g/mol. The Kier molecular flexibility index (Phi) is 9.35. The lowest BCUT2D eigenvalue weighted by molar-refractivity contribution is -0.151. The van der Waals surface area contributed by atoms with Crippen LogP contribution >= 0.6 is 0 Å². The maximum atomic E-state index is 10.0. The van der Waals surface area contributed by atoms with Crippen LogP contribution in [0, 0.1) is 0 Å². The third kappa shape index (κ3) is 9.30. The van der Waals surface area contributed by atoms with Crippen LogP contribution in [0.25, 0.3) is 6.08 Å². The Hall–Kier alpha value is -2.42. The van der Waals surface area contributed by atoms with E-state index in [-0.39, 0.29) is 12.8 Å². The molecular formula is C16H18O3. The zero-order valence-electron chi connectivity index (χ0n) is 10.9. The number of rotatable bonds is 2. The van der Waals surface area contributed by atoms with Crippen molar-refractivity contribution in [3.8, 4) is 0 Å². The first kappa shape index (κ1) is 16.6. The summed E-state index contributed by atoms with van der Waals surface area (Å²) in [6.07, 6.45) is 5.64. The van der Waals surface area contributed by atoms with Crippen LogP contribution in [-0.2, 0) is 14.3 Å². The average Bonchev–Trinajstić information content (AvgIpc) is 2.84. The van der Waals surface area contributed by atoms with Gasteiger partial charge in [-0.1, -0.05) is 68.3 Å². The topological polar surface area (TPSA) is 43.4 Å². The standard InChI is InChI=1S/C8H8.C4H4O3.C4H6/c1-2-8-6-4-3-5-7-8;5-3-1-2-4(6)7-3;1-3-4-2/h2-7H,1H2;1-2H2;3-4H,1-2H2. The molecule has 1 fully saturated rings. The Balaban J connectivity index is 0.000000272. The van der Waals surface area contributed by atoms with E-state index >= 15 is 0 Å². The summed E-state index contributed by atoms with van der Waals surface area (Å²) in [6, 6.07) is 10.0. The average molecular weight is 258 g/mol. The first-order valence-electron chi connectivity index (χ1n) is 5.78. The minimum atomic E-state index is -0.398. The highest BCUT2D eigenvalue weighted by atomic mass is 16.6. The number of hydrogen-bond acceptors (Lipinski definition) is 3. The van der Waals surface area contributed by atoms with E-state index in [1.807, 2.05) is 36.4 Å². The lowest BCUT2D eigenvalue weighted by Crippen LogP contribution is -1.94. The van der Waals surface area contributed by atoms with Gasteiger partial charge in [0.25, 0.3) is 0 Å². The smallest absolute Gasteiger partial charge is 0.314 e. The minimum absolute atomic E-state index is 0.263. The van der Waals surface area contributed by atoms with E-state index in [2.05, 4.69) is 24.5 Å². The van der Waals surface area contributed by atoms with E-state index in [0.29, 0.717) is 0 Å². The van der Waals surface area contributed by atoms with Crippen LogP contribution in [-0.4, -0.2) is 11.9 Å². The second-order valence-corrected chi connectivity index (χ2v) is 3.43. The van der Waals surface area contributed by atoms with E-state index in [0.717, 1.165) is 0 Å². The van der Waals surface area contributed by atoms with E-state index in [4.69, 9.17) is 0 Å². The molecule has 0 amide bonds. The Morgan fingerprint density at radius 3 is 1.58 bits per heavy atom. The highest BCUT2D eigenvalue weighted by Crippen LogP contribution is 2.03. The summed E-state index contributed by atoms with van der Waals surface area (Å²) in [4.78, 5) is 20.0. The number of ether oxygens (including phenoxy) is 1. The number of cyclic esters (lactones) is 2. The fourth-order valence-corrected chi connectivity index (χ4v) is 1.02. The van der Waals surface area contributed by atoms with Crippen molar-refractivity contribution in [3.63, 3.8) is 0 Å². The molecule has 3 nitrogen and oxygen atoms in total. The predicted octanol–water partition coefficient (Wildman–Crippen LogP) is 3.54. The largest absolute Gasteiger partial charge is 0.393 e. The van der Waals surface area contributed by atoms with Crippen LogP contribution < -0.4 is 0 Å². The Morgan fingerprint density at radius 2 is 1.37 bits per heavy atom. The molecule has 1 aliphatic rings. The van der Waals surface area contributed by atoms with Crippen molar-refractivity contribution in [2.24, 2.45) is 0 Å². The van der Waals surface area contributed by atoms with Gasteiger partial charge < -0.3 is 4.74 Å². The fourth-order valence-electron chi connectivity index (χ4n) is 1.02. The summed E-state index contributed by atoms with van der Waals surface area (Å²) in [6.45, 7) is 10.4. The summed E-state index contributed by atoms with van der Waals surface area (Å²) in [7, 11) is 0. The van der Waals surface area contributed by atoms with Crippen LogP contribution in [0.4, 0.5) is 0 Å². The zero-order valence-corrected chi connectivity index (χ0v) is 10.9. The number of carbonyl (C=O) groups excluding carboxylic acids is 2. The van der Waals surface area contributed by atoms with Gasteiger partial charge in [0.15, 0.2) is 0 Å². The van der Waals surface area contributed by atoms with Gasteiger partial charge in [-0.2, -0.15) is 0 Å². The van der Waals surface area contributed by atoms with Crippen LogP contribution in [0.1, 0.15) is 18.4 Å². The van der Waals surface area contributed by atoms with Crippen molar-refractivity contribution < 1.29 is 14.3 Å². The van der Waals surface area contributed by atoms with Gasteiger partial charge in [-0.3, -0.25) is 9.59 Å². The van der Waals surface area contributed by atoms with Gasteiger partial charge in [0.05, 0.1) is 12.8 Å². The number of esters is 2. The van der Waals surface area contributed by atoms with Gasteiger partial charge in [-0.25, -0.2) is 0 Å². The Morgan fingerprint density at radius 1 is 0.895 bits per heavy atom. The molecule has 0 radical (unpaired) electrons. The second-order valence-electron chi connectivity index (χ2n) is 3.43. The SMILES string of the molecule is C=CC=C.C=Cc1ccccc1.O=C1CCC(=O)O1. The van der Waals surface area contributed by atoms with Crippen molar-refractivity contribution in [3.05, 3.63) is 67.8 Å². The molecule has 0 N–H and O–H groups in total. The van der Waals surface area contributed by atoms with E-state index in [9.17, 15) is 9.59 Å². The molecule has 1 saturated heterocycles. The highest BCUT2D eigenvalue weighted by molar-refractivity contribution is 5.92. The molecule has 1 aliphatic heterocycles. The molecule has 0 aliphatic carbocycles. The van der Waals surface area contributed by atoms with Crippen LogP contribution in [0.15, 0.2) is 62.2 Å². The van der Waals surface area contributed by atoms with Crippen LogP contribution in [0.3, 0.4) is 0 Å². The maximum absolute atomic E-state index is 10.0. The molecule has 0 unspecified atom stereocenters. The predicted molar refractivity (Wildman–Crippen MR) is 77.3 cm³/mol. The van der Waals surface area contributed by atoms with Gasteiger partial charge >= 0.3 is 11.9 Å². The number of benzene rings is 1. The lowest BCUT2D eigenvalue weighted by atomic mass is 10.2. The molecule has 0 saturated carbocycles. The van der Waals surface area contributed by atoms with Gasteiger partial charge in [0.1, 0.15) is 0 Å². The Bertz CT molecular complexity index is 413. The Labute approximate surface area is 113 Å². The molecule has 1 aromatic carbocycles. The van der Waals surface area contributed by atoms with Gasteiger partial charge in [-0.15, -0.1) is 0 Å². The maximum Gasteiger partial charge on any atom is 0.314 e. The van der Waals surface area contributed by atoms with Crippen molar-refractivity contribution in [2.75, 3.05) is 0 Å². The van der Waals surface area contributed by atoms with Crippen molar-refractivity contribution in [1.29, 1.82) is 0 Å². The number of carbonyl (C=O) groups is 2. The van der Waals surface area contributed by atoms with E-state index in [1.54, 1.807) is 12.2 Å². The van der Waals surface area contributed by atoms with Gasteiger partial charge in [0, 0.05) is 0 Å². The summed E-state index contributed by atoms with van der Waals surface area (Å²) < 4.78 is 4.08. The third-order valence-electron chi connectivity index (χ3n) is 1.96. The molecule has 2 rings (SSSR count). The highest BCUT2D eigenvalue weighted by Gasteiger charge is 2.19. The molecule has 1 heterocycles. The van der Waals surface area contributed by atoms with Crippen LogP contribution in [0.5, 0.6) is 0 Å². The lowest BCUT2D eigenvalue weighted by Gasteiger charge is -1.85.